The number of hydrogen-bond donors (Lipinski definition) is 1. The average molecular weight is 263 g/mol. The first kappa shape index (κ1) is 14.1. The molecule has 0 aromatic heterocycles. The molecule has 0 unspecified atom stereocenters. The number of carbonyl (C=O) groups excluding carboxylic acids is 1. The van der Waals surface area contributed by atoms with Crippen LogP contribution in [-0.2, 0) is 4.74 Å². The smallest absolute Gasteiger partial charge is 0.462 e. The lowest BCUT2D eigenvalue weighted by Gasteiger charge is -2.12. The molecule has 0 amide bonds. The maximum atomic E-state index is 12.1. The van der Waals surface area contributed by atoms with Crippen LogP contribution in [0.1, 0.15) is 17.3 Å². The Morgan fingerprint density at radius 3 is 2.56 bits per heavy atom. The van der Waals surface area contributed by atoms with Gasteiger partial charge in [0, 0.05) is 12.7 Å². The lowest BCUT2D eigenvalue weighted by Crippen LogP contribution is -2.18. The summed E-state index contributed by atoms with van der Waals surface area (Å²) in [5, 5.41) is 2.69. The predicted molar refractivity (Wildman–Crippen MR) is 58.6 cm³/mol. The number of ether oxygens (including phenoxy) is 2. The molecule has 4 nitrogen and oxygen atoms in total. The van der Waals surface area contributed by atoms with Crippen LogP contribution in [-0.4, -0.2) is 26.0 Å². The predicted octanol–water partition coefficient (Wildman–Crippen LogP) is 2.80. The minimum atomic E-state index is -4.80. The lowest BCUT2D eigenvalue weighted by atomic mass is 10.1. The molecular weight excluding hydrogens is 251 g/mol. The molecule has 0 aliphatic rings. The minimum Gasteiger partial charge on any atom is -0.462 e. The van der Waals surface area contributed by atoms with E-state index in [9.17, 15) is 18.0 Å². The molecular formula is C11H12F3NO3. The molecule has 0 saturated carbocycles. The molecule has 0 fully saturated rings. The molecule has 1 N–H and O–H groups in total. The summed E-state index contributed by atoms with van der Waals surface area (Å²) >= 11 is 0. The number of esters is 1. The summed E-state index contributed by atoms with van der Waals surface area (Å²) < 4.78 is 44.6. The Balaban J connectivity index is 3.05. The normalized spacial score (nSPS) is 10.9. The molecule has 0 spiro atoms. The van der Waals surface area contributed by atoms with Gasteiger partial charge in [-0.2, -0.15) is 0 Å². The summed E-state index contributed by atoms with van der Waals surface area (Å²) in [4.78, 5) is 11.5. The zero-order chi connectivity index (χ0) is 13.8. The summed E-state index contributed by atoms with van der Waals surface area (Å²) in [6, 6.07) is 3.41. The van der Waals surface area contributed by atoms with E-state index in [-0.39, 0.29) is 12.2 Å². The van der Waals surface area contributed by atoms with Crippen molar-refractivity contribution < 1.29 is 27.4 Å². The van der Waals surface area contributed by atoms with Gasteiger partial charge < -0.3 is 14.8 Å². The number of rotatable bonds is 4. The molecule has 0 heterocycles. The van der Waals surface area contributed by atoms with Gasteiger partial charge in [0.15, 0.2) is 0 Å². The Hall–Kier alpha value is -1.92. The van der Waals surface area contributed by atoms with Crippen LogP contribution in [0.25, 0.3) is 0 Å². The molecule has 0 atom stereocenters. The van der Waals surface area contributed by atoms with E-state index >= 15 is 0 Å². The number of carbonyl (C=O) groups is 1. The van der Waals surface area contributed by atoms with Crippen molar-refractivity contribution in [3.8, 4) is 5.75 Å². The van der Waals surface area contributed by atoms with E-state index in [1.165, 1.54) is 6.07 Å². The zero-order valence-electron chi connectivity index (χ0n) is 9.80. The standard InChI is InChI=1S/C11H12F3NO3/c1-3-17-10(16)8-6-7(18-11(12,13)14)4-5-9(8)15-2/h4-6,15H,3H2,1-2H3. The van der Waals surface area contributed by atoms with E-state index in [1.54, 1.807) is 14.0 Å². The first-order valence-corrected chi connectivity index (χ1v) is 5.12. The molecule has 18 heavy (non-hydrogen) atoms. The fourth-order valence-corrected chi connectivity index (χ4v) is 1.32. The second-order valence-corrected chi connectivity index (χ2v) is 3.23. The molecule has 0 saturated heterocycles. The van der Waals surface area contributed by atoms with Gasteiger partial charge in [0.2, 0.25) is 0 Å². The summed E-state index contributed by atoms with van der Waals surface area (Å²) in [6.45, 7) is 1.74. The fourth-order valence-electron chi connectivity index (χ4n) is 1.32. The van der Waals surface area contributed by atoms with Crippen molar-refractivity contribution in [3.05, 3.63) is 23.8 Å². The van der Waals surface area contributed by atoms with Crippen LogP contribution < -0.4 is 10.1 Å². The van der Waals surface area contributed by atoms with Crippen LogP contribution in [0, 0.1) is 0 Å². The van der Waals surface area contributed by atoms with E-state index in [4.69, 9.17) is 4.74 Å². The van der Waals surface area contributed by atoms with Gasteiger partial charge in [-0.1, -0.05) is 0 Å². The van der Waals surface area contributed by atoms with Gasteiger partial charge in [0.1, 0.15) is 5.75 Å². The minimum absolute atomic E-state index is 0.0129. The van der Waals surface area contributed by atoms with Gasteiger partial charge in [-0.3, -0.25) is 0 Å². The van der Waals surface area contributed by atoms with Crippen molar-refractivity contribution in [3.63, 3.8) is 0 Å². The molecule has 0 radical (unpaired) electrons. The van der Waals surface area contributed by atoms with E-state index in [0.29, 0.717) is 5.69 Å². The number of alkyl halides is 3. The van der Waals surface area contributed by atoms with Crippen molar-refractivity contribution in [2.75, 3.05) is 19.0 Å². The van der Waals surface area contributed by atoms with Gasteiger partial charge in [-0.25, -0.2) is 4.79 Å². The highest BCUT2D eigenvalue weighted by molar-refractivity contribution is 5.96. The Labute approximate surface area is 102 Å². The highest BCUT2D eigenvalue weighted by atomic mass is 19.4. The van der Waals surface area contributed by atoms with Gasteiger partial charge in [-0.15, -0.1) is 13.2 Å². The van der Waals surface area contributed by atoms with Crippen molar-refractivity contribution in [1.29, 1.82) is 0 Å². The Kier molecular flexibility index (Phi) is 4.41. The molecule has 0 bridgehead atoms. The fraction of sp³-hybridized carbons (Fsp3) is 0.364. The Morgan fingerprint density at radius 2 is 2.06 bits per heavy atom. The highest BCUT2D eigenvalue weighted by Gasteiger charge is 2.31. The van der Waals surface area contributed by atoms with E-state index < -0.39 is 18.1 Å². The van der Waals surface area contributed by atoms with Crippen LogP contribution >= 0.6 is 0 Å². The second-order valence-electron chi connectivity index (χ2n) is 3.23. The summed E-state index contributed by atoms with van der Waals surface area (Å²) in [6.07, 6.45) is -4.80. The maximum absolute atomic E-state index is 12.1. The van der Waals surface area contributed by atoms with Gasteiger partial charge >= 0.3 is 12.3 Å². The number of hydrogen-bond acceptors (Lipinski definition) is 4. The lowest BCUT2D eigenvalue weighted by molar-refractivity contribution is -0.274. The van der Waals surface area contributed by atoms with Gasteiger partial charge in [-0.05, 0) is 25.1 Å². The molecule has 1 aromatic carbocycles. The van der Waals surface area contributed by atoms with E-state index in [1.807, 2.05) is 0 Å². The number of halogens is 3. The van der Waals surface area contributed by atoms with Crippen molar-refractivity contribution in [1.82, 2.24) is 0 Å². The molecule has 0 aliphatic carbocycles. The number of anilines is 1. The topological polar surface area (TPSA) is 47.6 Å². The first-order chi connectivity index (χ1) is 8.37. The van der Waals surface area contributed by atoms with E-state index in [2.05, 4.69) is 10.1 Å². The molecule has 1 aromatic rings. The highest BCUT2D eigenvalue weighted by Crippen LogP contribution is 2.27. The van der Waals surface area contributed by atoms with Crippen LogP contribution in [0.15, 0.2) is 18.2 Å². The summed E-state index contributed by atoms with van der Waals surface area (Å²) in [7, 11) is 1.54. The summed E-state index contributed by atoms with van der Waals surface area (Å²) in [5.41, 5.74) is 0.351. The molecule has 1 rings (SSSR count). The summed E-state index contributed by atoms with van der Waals surface area (Å²) in [5.74, 6) is -1.18. The number of benzene rings is 1. The van der Waals surface area contributed by atoms with Crippen LogP contribution in [0.4, 0.5) is 18.9 Å². The van der Waals surface area contributed by atoms with Gasteiger partial charge in [0.05, 0.1) is 12.2 Å². The average Bonchev–Trinajstić information content (AvgIpc) is 2.27. The molecule has 100 valence electrons. The third-order valence-corrected chi connectivity index (χ3v) is 1.99. The van der Waals surface area contributed by atoms with Gasteiger partial charge in [0.25, 0.3) is 0 Å². The van der Waals surface area contributed by atoms with Crippen LogP contribution in [0.5, 0.6) is 5.75 Å². The Bertz CT molecular complexity index is 432. The molecule has 7 heteroatoms. The van der Waals surface area contributed by atoms with Crippen molar-refractivity contribution in [2.24, 2.45) is 0 Å². The quantitative estimate of drug-likeness (QED) is 0.848. The van der Waals surface area contributed by atoms with Crippen LogP contribution in [0.3, 0.4) is 0 Å². The zero-order valence-corrected chi connectivity index (χ0v) is 9.80. The van der Waals surface area contributed by atoms with Crippen LogP contribution in [0.2, 0.25) is 0 Å². The maximum Gasteiger partial charge on any atom is 0.573 e. The second kappa shape index (κ2) is 5.61. The first-order valence-electron chi connectivity index (χ1n) is 5.12. The van der Waals surface area contributed by atoms with Crippen molar-refractivity contribution >= 4 is 11.7 Å². The third kappa shape index (κ3) is 3.83. The number of nitrogens with one attached hydrogen (secondary N) is 1. The molecule has 0 aliphatic heterocycles. The SMILES string of the molecule is CCOC(=O)c1cc(OC(F)(F)F)ccc1NC. The Morgan fingerprint density at radius 1 is 1.39 bits per heavy atom. The van der Waals surface area contributed by atoms with E-state index in [0.717, 1.165) is 12.1 Å². The monoisotopic (exact) mass is 263 g/mol. The van der Waals surface area contributed by atoms with Crippen molar-refractivity contribution in [2.45, 2.75) is 13.3 Å². The third-order valence-electron chi connectivity index (χ3n) is 1.99. The largest absolute Gasteiger partial charge is 0.573 e.